The largest absolute Gasteiger partial charge is 0.388 e. The SMILES string of the molecule is O=C(CCCCC(O)c1ccc(-c2cccc(Cl)c2)cc1)NO. The van der Waals surface area contributed by atoms with Crippen molar-refractivity contribution in [3.8, 4) is 11.1 Å². The van der Waals surface area contributed by atoms with Gasteiger partial charge in [-0.05, 0) is 41.7 Å². The first-order valence-electron chi connectivity index (χ1n) is 7.57. The maximum atomic E-state index is 10.9. The minimum atomic E-state index is -0.555. The third kappa shape index (κ3) is 5.36. The topological polar surface area (TPSA) is 69.6 Å². The quantitative estimate of drug-likeness (QED) is 0.406. The molecular weight excluding hydrogens is 314 g/mol. The van der Waals surface area contributed by atoms with Gasteiger partial charge < -0.3 is 5.11 Å². The molecule has 0 saturated carbocycles. The summed E-state index contributed by atoms with van der Waals surface area (Å²) in [4.78, 5) is 10.9. The van der Waals surface area contributed by atoms with Gasteiger partial charge in [0.05, 0.1) is 6.10 Å². The maximum absolute atomic E-state index is 10.9. The molecule has 2 rings (SSSR count). The molecule has 0 heterocycles. The molecule has 0 radical (unpaired) electrons. The maximum Gasteiger partial charge on any atom is 0.243 e. The summed E-state index contributed by atoms with van der Waals surface area (Å²) in [6.07, 6.45) is 1.63. The molecule has 0 aliphatic rings. The number of aliphatic hydroxyl groups excluding tert-OH is 1. The van der Waals surface area contributed by atoms with E-state index in [9.17, 15) is 9.90 Å². The summed E-state index contributed by atoms with van der Waals surface area (Å²) in [5.74, 6) is -0.398. The van der Waals surface area contributed by atoms with Crippen LogP contribution in [0.2, 0.25) is 5.02 Å². The first-order valence-corrected chi connectivity index (χ1v) is 7.95. The van der Waals surface area contributed by atoms with Crippen LogP contribution >= 0.6 is 11.6 Å². The molecule has 1 amide bonds. The predicted octanol–water partition coefficient (Wildman–Crippen LogP) is 4.11. The van der Waals surface area contributed by atoms with Gasteiger partial charge in [-0.3, -0.25) is 10.0 Å². The first kappa shape index (κ1) is 17.5. The lowest BCUT2D eigenvalue weighted by atomic mass is 9.99. The van der Waals surface area contributed by atoms with Crippen molar-refractivity contribution in [3.05, 3.63) is 59.1 Å². The van der Waals surface area contributed by atoms with Gasteiger partial charge in [-0.1, -0.05) is 54.4 Å². The van der Waals surface area contributed by atoms with Gasteiger partial charge in [0.1, 0.15) is 0 Å². The zero-order chi connectivity index (χ0) is 16.7. The second-order valence-electron chi connectivity index (χ2n) is 5.43. The summed E-state index contributed by atoms with van der Waals surface area (Å²) in [5, 5.41) is 19.3. The summed E-state index contributed by atoms with van der Waals surface area (Å²) < 4.78 is 0. The fraction of sp³-hybridized carbons (Fsp3) is 0.278. The van der Waals surface area contributed by atoms with Crippen LogP contribution in [0, 0.1) is 0 Å². The number of aliphatic hydroxyl groups is 1. The second-order valence-corrected chi connectivity index (χ2v) is 5.87. The standard InChI is InChI=1S/C18H20ClNO3/c19-16-5-3-4-15(12-16)13-8-10-14(11-9-13)17(21)6-1-2-7-18(22)20-23/h3-5,8-12,17,21,23H,1-2,6-7H2,(H,20,22). The highest BCUT2D eigenvalue weighted by atomic mass is 35.5. The number of rotatable bonds is 7. The summed E-state index contributed by atoms with van der Waals surface area (Å²) in [5.41, 5.74) is 4.53. The molecule has 2 aromatic carbocycles. The van der Waals surface area contributed by atoms with Crippen molar-refractivity contribution in [2.45, 2.75) is 31.8 Å². The Hall–Kier alpha value is -1.88. The van der Waals surface area contributed by atoms with Crippen LogP contribution in [0.3, 0.4) is 0 Å². The molecule has 3 N–H and O–H groups in total. The molecule has 0 aromatic heterocycles. The van der Waals surface area contributed by atoms with Gasteiger partial charge in [0.25, 0.3) is 0 Å². The Balaban J connectivity index is 1.90. The van der Waals surface area contributed by atoms with Gasteiger partial charge in [-0.15, -0.1) is 0 Å². The number of unbranched alkanes of at least 4 members (excludes halogenated alkanes) is 1. The van der Waals surface area contributed by atoms with E-state index in [1.807, 2.05) is 48.5 Å². The van der Waals surface area contributed by atoms with Crippen LogP contribution < -0.4 is 5.48 Å². The Morgan fingerprint density at radius 2 is 1.83 bits per heavy atom. The molecule has 4 nitrogen and oxygen atoms in total. The molecule has 1 atom stereocenters. The monoisotopic (exact) mass is 333 g/mol. The van der Waals surface area contributed by atoms with E-state index in [0.29, 0.717) is 24.3 Å². The van der Waals surface area contributed by atoms with Crippen LogP contribution in [0.1, 0.15) is 37.4 Å². The highest BCUT2D eigenvalue weighted by Crippen LogP contribution is 2.26. The van der Waals surface area contributed by atoms with Crippen molar-refractivity contribution >= 4 is 17.5 Å². The average molecular weight is 334 g/mol. The third-order valence-electron chi connectivity index (χ3n) is 3.71. The molecule has 0 aliphatic heterocycles. The Morgan fingerprint density at radius 1 is 1.09 bits per heavy atom. The smallest absolute Gasteiger partial charge is 0.243 e. The predicted molar refractivity (Wildman–Crippen MR) is 90.2 cm³/mol. The second kappa shape index (κ2) is 8.67. The third-order valence-corrected chi connectivity index (χ3v) is 3.94. The molecule has 0 fully saturated rings. The van der Waals surface area contributed by atoms with E-state index in [4.69, 9.17) is 16.8 Å². The van der Waals surface area contributed by atoms with Gasteiger partial charge in [0, 0.05) is 11.4 Å². The summed E-state index contributed by atoms with van der Waals surface area (Å²) in [6.45, 7) is 0. The fourth-order valence-corrected chi connectivity index (χ4v) is 2.60. The lowest BCUT2D eigenvalue weighted by molar-refractivity contribution is -0.129. The summed E-state index contributed by atoms with van der Waals surface area (Å²) in [7, 11) is 0. The van der Waals surface area contributed by atoms with Gasteiger partial charge in [-0.25, -0.2) is 5.48 Å². The normalized spacial score (nSPS) is 12.0. The van der Waals surface area contributed by atoms with Gasteiger partial charge in [0.2, 0.25) is 5.91 Å². The molecular formula is C18H20ClNO3. The van der Waals surface area contributed by atoms with Crippen molar-refractivity contribution in [1.29, 1.82) is 0 Å². The van der Waals surface area contributed by atoms with Crippen molar-refractivity contribution in [2.24, 2.45) is 0 Å². The van der Waals surface area contributed by atoms with E-state index in [1.54, 1.807) is 5.48 Å². The molecule has 0 bridgehead atoms. The Labute approximate surface area is 140 Å². The molecule has 0 aliphatic carbocycles. The molecule has 23 heavy (non-hydrogen) atoms. The number of halogens is 1. The molecule has 5 heteroatoms. The Morgan fingerprint density at radius 3 is 2.48 bits per heavy atom. The molecule has 0 spiro atoms. The van der Waals surface area contributed by atoms with Crippen LogP contribution in [-0.2, 0) is 4.79 Å². The minimum Gasteiger partial charge on any atom is -0.388 e. The lowest BCUT2D eigenvalue weighted by Gasteiger charge is -2.12. The van der Waals surface area contributed by atoms with Crippen molar-refractivity contribution in [3.63, 3.8) is 0 Å². The number of carbonyl (C=O) groups is 1. The highest BCUT2D eigenvalue weighted by molar-refractivity contribution is 6.30. The van der Waals surface area contributed by atoms with Gasteiger partial charge in [0.15, 0.2) is 0 Å². The van der Waals surface area contributed by atoms with Crippen LogP contribution in [0.25, 0.3) is 11.1 Å². The number of amides is 1. The molecule has 0 saturated heterocycles. The van der Waals surface area contributed by atoms with Crippen molar-refractivity contribution in [2.75, 3.05) is 0 Å². The zero-order valence-corrected chi connectivity index (χ0v) is 13.5. The number of carbonyl (C=O) groups excluding carboxylic acids is 1. The number of hydroxylamine groups is 1. The molecule has 2 aromatic rings. The van der Waals surface area contributed by atoms with Gasteiger partial charge >= 0.3 is 0 Å². The lowest BCUT2D eigenvalue weighted by Crippen LogP contribution is -2.17. The average Bonchev–Trinajstić information content (AvgIpc) is 2.58. The Bertz CT molecular complexity index is 643. The van der Waals surface area contributed by atoms with E-state index >= 15 is 0 Å². The molecule has 122 valence electrons. The van der Waals surface area contributed by atoms with E-state index in [2.05, 4.69) is 0 Å². The minimum absolute atomic E-state index is 0.261. The number of hydrogen-bond donors (Lipinski definition) is 3. The Kier molecular flexibility index (Phi) is 6.59. The summed E-state index contributed by atoms with van der Waals surface area (Å²) in [6, 6.07) is 15.4. The first-order chi connectivity index (χ1) is 11.1. The highest BCUT2D eigenvalue weighted by Gasteiger charge is 2.08. The van der Waals surface area contributed by atoms with E-state index in [-0.39, 0.29) is 6.42 Å². The molecule has 1 unspecified atom stereocenters. The van der Waals surface area contributed by atoms with Crippen molar-refractivity contribution < 1.29 is 15.1 Å². The number of nitrogens with one attached hydrogen (secondary N) is 1. The zero-order valence-electron chi connectivity index (χ0n) is 12.7. The number of hydrogen-bond acceptors (Lipinski definition) is 3. The van der Waals surface area contributed by atoms with Crippen LogP contribution in [-0.4, -0.2) is 16.2 Å². The van der Waals surface area contributed by atoms with Crippen molar-refractivity contribution in [1.82, 2.24) is 5.48 Å². The van der Waals surface area contributed by atoms with E-state index < -0.39 is 12.0 Å². The number of benzene rings is 2. The fourth-order valence-electron chi connectivity index (χ4n) is 2.41. The van der Waals surface area contributed by atoms with Crippen LogP contribution in [0.15, 0.2) is 48.5 Å². The van der Waals surface area contributed by atoms with Gasteiger partial charge in [-0.2, -0.15) is 0 Å². The van der Waals surface area contributed by atoms with Crippen LogP contribution in [0.4, 0.5) is 0 Å². The van der Waals surface area contributed by atoms with E-state index in [0.717, 1.165) is 16.7 Å². The van der Waals surface area contributed by atoms with Crippen LogP contribution in [0.5, 0.6) is 0 Å². The van der Waals surface area contributed by atoms with E-state index in [1.165, 1.54) is 0 Å². The summed E-state index contributed by atoms with van der Waals surface area (Å²) >= 11 is 6.00.